The Labute approximate surface area is 122 Å². The fourth-order valence-corrected chi connectivity index (χ4v) is 2.37. The molecular weight excluding hydrogens is 283 g/mol. The molecule has 2 aromatic rings. The number of nitrogens with zero attached hydrogens (tertiary/aromatic N) is 3. The highest BCUT2D eigenvalue weighted by Gasteiger charge is 2.11. The zero-order valence-corrected chi connectivity index (χ0v) is 12.4. The van der Waals surface area contributed by atoms with Crippen LogP contribution < -0.4 is 5.32 Å². The first-order chi connectivity index (χ1) is 9.09. The van der Waals surface area contributed by atoms with Gasteiger partial charge < -0.3 is 9.88 Å². The first-order valence-corrected chi connectivity index (χ1v) is 6.85. The average Bonchev–Trinajstić information content (AvgIpc) is 2.78. The van der Waals surface area contributed by atoms with Crippen LogP contribution in [-0.2, 0) is 13.5 Å². The highest BCUT2D eigenvalue weighted by Crippen LogP contribution is 2.29. The van der Waals surface area contributed by atoms with Crippen LogP contribution in [0.1, 0.15) is 24.4 Å². The number of benzene rings is 1. The van der Waals surface area contributed by atoms with Gasteiger partial charge in [0.05, 0.1) is 10.0 Å². The molecular formula is C13H16Cl2N4. The highest BCUT2D eigenvalue weighted by atomic mass is 35.5. The van der Waals surface area contributed by atoms with Gasteiger partial charge in [-0.15, -0.1) is 10.2 Å². The van der Waals surface area contributed by atoms with Gasteiger partial charge in [0.2, 0.25) is 0 Å². The van der Waals surface area contributed by atoms with Crippen LogP contribution in [0.25, 0.3) is 0 Å². The molecule has 19 heavy (non-hydrogen) atoms. The zero-order valence-electron chi connectivity index (χ0n) is 10.9. The summed E-state index contributed by atoms with van der Waals surface area (Å²) in [4.78, 5) is 0. The van der Waals surface area contributed by atoms with E-state index in [1.54, 1.807) is 12.4 Å². The van der Waals surface area contributed by atoms with E-state index < -0.39 is 0 Å². The van der Waals surface area contributed by atoms with E-state index >= 15 is 0 Å². The normalized spacial score (nSPS) is 12.6. The summed E-state index contributed by atoms with van der Waals surface area (Å²) in [6.45, 7) is 2.87. The molecule has 0 spiro atoms. The van der Waals surface area contributed by atoms with E-state index in [9.17, 15) is 0 Å². The van der Waals surface area contributed by atoms with E-state index in [0.29, 0.717) is 10.0 Å². The number of rotatable bonds is 5. The van der Waals surface area contributed by atoms with Crippen molar-refractivity contribution in [1.82, 2.24) is 20.1 Å². The summed E-state index contributed by atoms with van der Waals surface area (Å²) in [6, 6.07) is 5.82. The highest BCUT2D eigenvalue weighted by molar-refractivity contribution is 6.42. The van der Waals surface area contributed by atoms with E-state index in [2.05, 4.69) is 22.4 Å². The Morgan fingerprint density at radius 3 is 2.84 bits per heavy atom. The summed E-state index contributed by atoms with van der Waals surface area (Å²) in [5.41, 5.74) is 1.01. The molecule has 1 aromatic carbocycles. The summed E-state index contributed by atoms with van der Waals surface area (Å²) >= 11 is 12.2. The molecule has 1 heterocycles. The first kappa shape index (κ1) is 14.3. The van der Waals surface area contributed by atoms with Gasteiger partial charge in [0.25, 0.3) is 0 Å². The lowest BCUT2D eigenvalue weighted by Gasteiger charge is -2.16. The molecule has 0 radical (unpaired) electrons. The van der Waals surface area contributed by atoms with Crippen LogP contribution in [-0.4, -0.2) is 21.3 Å². The van der Waals surface area contributed by atoms with Crippen LogP contribution in [0.3, 0.4) is 0 Å². The second-order valence-corrected chi connectivity index (χ2v) is 5.21. The molecule has 0 aliphatic heterocycles. The Kier molecular flexibility index (Phi) is 4.80. The Morgan fingerprint density at radius 1 is 1.37 bits per heavy atom. The number of hydrogen-bond acceptors (Lipinski definition) is 3. The van der Waals surface area contributed by atoms with Crippen LogP contribution in [0.15, 0.2) is 24.5 Å². The number of halogens is 2. The molecule has 1 unspecified atom stereocenters. The second-order valence-electron chi connectivity index (χ2n) is 4.43. The van der Waals surface area contributed by atoms with Crippen LogP contribution in [0.5, 0.6) is 0 Å². The van der Waals surface area contributed by atoms with Gasteiger partial charge in [-0.25, -0.2) is 0 Å². The topological polar surface area (TPSA) is 42.7 Å². The predicted octanol–water partition coefficient (Wildman–Crippen LogP) is 3.02. The molecule has 1 N–H and O–H groups in total. The lowest BCUT2D eigenvalue weighted by Crippen LogP contribution is -2.22. The zero-order chi connectivity index (χ0) is 13.8. The molecule has 0 saturated heterocycles. The van der Waals surface area contributed by atoms with Crippen molar-refractivity contribution in [3.05, 3.63) is 46.0 Å². The number of hydrogen-bond donors (Lipinski definition) is 1. The summed E-state index contributed by atoms with van der Waals surface area (Å²) in [5, 5.41) is 12.5. The summed E-state index contributed by atoms with van der Waals surface area (Å²) in [6.07, 6.45) is 2.52. The third-order valence-electron chi connectivity index (χ3n) is 3.05. The van der Waals surface area contributed by atoms with Crippen molar-refractivity contribution in [2.24, 2.45) is 7.05 Å². The summed E-state index contributed by atoms with van der Waals surface area (Å²) in [5.74, 6) is 0.955. The lowest BCUT2D eigenvalue weighted by molar-refractivity contribution is 0.564. The van der Waals surface area contributed by atoms with Gasteiger partial charge >= 0.3 is 0 Å². The van der Waals surface area contributed by atoms with E-state index in [4.69, 9.17) is 23.2 Å². The third-order valence-corrected chi connectivity index (χ3v) is 3.89. The minimum absolute atomic E-state index is 0.138. The second kappa shape index (κ2) is 6.37. The smallest absolute Gasteiger partial charge is 0.133 e. The minimum Gasteiger partial charge on any atom is -0.321 e. The molecule has 2 rings (SSSR count). The number of aryl methyl sites for hydroxylation is 1. The van der Waals surface area contributed by atoms with Crippen LogP contribution >= 0.6 is 23.2 Å². The standard InChI is InChI=1S/C13H16Cl2N4/c1-9(10-4-3-5-11(14)13(10)15)16-7-6-12-18-17-8-19(12)2/h3-5,8-9,16H,6-7H2,1-2H3. The molecule has 1 aromatic heterocycles. The van der Waals surface area contributed by atoms with Crippen molar-refractivity contribution < 1.29 is 0 Å². The molecule has 0 fully saturated rings. The van der Waals surface area contributed by atoms with Gasteiger partial charge in [-0.1, -0.05) is 35.3 Å². The maximum absolute atomic E-state index is 6.19. The fraction of sp³-hybridized carbons (Fsp3) is 0.385. The Bertz CT molecular complexity index is 553. The van der Waals surface area contributed by atoms with Crippen molar-refractivity contribution in [2.75, 3.05) is 6.54 Å². The maximum atomic E-state index is 6.19. The summed E-state index contributed by atoms with van der Waals surface area (Å²) < 4.78 is 1.92. The minimum atomic E-state index is 0.138. The van der Waals surface area contributed by atoms with Gasteiger partial charge in [0, 0.05) is 26.1 Å². The van der Waals surface area contributed by atoms with E-state index in [-0.39, 0.29) is 6.04 Å². The van der Waals surface area contributed by atoms with Gasteiger partial charge in [-0.05, 0) is 18.6 Å². The van der Waals surface area contributed by atoms with Gasteiger partial charge in [-0.3, -0.25) is 0 Å². The van der Waals surface area contributed by atoms with Gasteiger partial charge in [-0.2, -0.15) is 0 Å². The molecule has 6 heteroatoms. The Morgan fingerprint density at radius 2 is 2.16 bits per heavy atom. The van der Waals surface area contributed by atoms with Crippen molar-refractivity contribution in [1.29, 1.82) is 0 Å². The van der Waals surface area contributed by atoms with Crippen molar-refractivity contribution >= 4 is 23.2 Å². The fourth-order valence-electron chi connectivity index (χ4n) is 1.90. The van der Waals surface area contributed by atoms with Crippen LogP contribution in [0, 0.1) is 0 Å². The molecule has 102 valence electrons. The molecule has 1 atom stereocenters. The van der Waals surface area contributed by atoms with Crippen molar-refractivity contribution in [3.8, 4) is 0 Å². The number of nitrogens with one attached hydrogen (secondary N) is 1. The lowest BCUT2D eigenvalue weighted by atomic mass is 10.1. The quantitative estimate of drug-likeness (QED) is 0.923. The van der Waals surface area contributed by atoms with Crippen molar-refractivity contribution in [2.45, 2.75) is 19.4 Å². The first-order valence-electron chi connectivity index (χ1n) is 6.09. The monoisotopic (exact) mass is 298 g/mol. The number of aromatic nitrogens is 3. The molecule has 0 amide bonds. The Balaban J connectivity index is 1.93. The van der Waals surface area contributed by atoms with Gasteiger partial charge in [0.15, 0.2) is 0 Å². The SMILES string of the molecule is CC(NCCc1nncn1C)c1cccc(Cl)c1Cl. The van der Waals surface area contributed by atoms with E-state index in [1.807, 2.05) is 23.7 Å². The molecule has 0 aliphatic rings. The van der Waals surface area contributed by atoms with Gasteiger partial charge in [0.1, 0.15) is 12.2 Å². The third kappa shape index (κ3) is 3.47. The molecule has 0 saturated carbocycles. The van der Waals surface area contributed by atoms with Crippen LogP contribution in [0.2, 0.25) is 10.0 Å². The molecule has 4 nitrogen and oxygen atoms in total. The average molecular weight is 299 g/mol. The predicted molar refractivity (Wildman–Crippen MR) is 77.6 cm³/mol. The van der Waals surface area contributed by atoms with E-state index in [0.717, 1.165) is 24.4 Å². The summed E-state index contributed by atoms with van der Waals surface area (Å²) in [7, 11) is 1.94. The molecule has 0 aliphatic carbocycles. The molecule has 0 bridgehead atoms. The Hall–Kier alpha value is -1.10. The largest absolute Gasteiger partial charge is 0.321 e. The maximum Gasteiger partial charge on any atom is 0.133 e. The van der Waals surface area contributed by atoms with Crippen molar-refractivity contribution in [3.63, 3.8) is 0 Å². The van der Waals surface area contributed by atoms with Crippen LogP contribution in [0.4, 0.5) is 0 Å². The van der Waals surface area contributed by atoms with E-state index in [1.165, 1.54) is 0 Å².